The maximum absolute atomic E-state index is 13.7. The Kier molecular flexibility index (Phi) is 5.34. The minimum atomic E-state index is -2.57. The Labute approximate surface area is 218 Å². The SMILES string of the molecule is CNc1c2c(c(O)c3cc(CN4CCC4)ccc13)C(O)=C1C(=O)[C@]3(O)C(O)=C(C(N)=O)C(=O)C[C@@H]3CC1C2. The molecule has 2 fully saturated rings. The third-order valence-electron chi connectivity index (χ3n) is 8.71. The van der Waals surface area contributed by atoms with Crippen LogP contribution in [0.15, 0.2) is 35.1 Å². The molecule has 0 bridgehead atoms. The number of Topliss-reactive ketones (excluding diaryl/α,β-unsaturated/α-hetero) is 2. The van der Waals surface area contributed by atoms with Gasteiger partial charge in [-0.25, -0.2) is 0 Å². The van der Waals surface area contributed by atoms with Gasteiger partial charge in [-0.3, -0.25) is 19.3 Å². The van der Waals surface area contributed by atoms with Crippen molar-refractivity contribution >= 4 is 39.7 Å². The zero-order chi connectivity index (χ0) is 27.1. The lowest BCUT2D eigenvalue weighted by Gasteiger charge is -2.46. The summed E-state index contributed by atoms with van der Waals surface area (Å²) < 4.78 is 0. The maximum Gasteiger partial charge on any atom is 0.255 e. The molecule has 0 aromatic heterocycles. The molecule has 1 saturated carbocycles. The zero-order valence-corrected chi connectivity index (χ0v) is 20.9. The van der Waals surface area contributed by atoms with Gasteiger partial charge in [-0.1, -0.05) is 12.1 Å². The van der Waals surface area contributed by atoms with Gasteiger partial charge in [0.15, 0.2) is 11.4 Å². The van der Waals surface area contributed by atoms with E-state index in [0.717, 1.165) is 37.0 Å². The number of likely N-dealkylation sites (tertiary alicyclic amines) is 1. The van der Waals surface area contributed by atoms with Gasteiger partial charge in [0.25, 0.3) is 5.91 Å². The smallest absolute Gasteiger partial charge is 0.255 e. The number of aliphatic hydroxyl groups is 3. The summed E-state index contributed by atoms with van der Waals surface area (Å²) in [6.45, 7) is 2.76. The molecule has 0 spiro atoms. The molecule has 3 aliphatic carbocycles. The van der Waals surface area contributed by atoms with Crippen molar-refractivity contribution in [3.8, 4) is 5.75 Å². The van der Waals surface area contributed by atoms with Crippen LogP contribution in [0.4, 0.5) is 5.69 Å². The average molecular weight is 520 g/mol. The molecule has 10 heteroatoms. The molecular weight excluding hydrogens is 490 g/mol. The van der Waals surface area contributed by atoms with Crippen molar-refractivity contribution in [2.75, 3.05) is 25.5 Å². The van der Waals surface area contributed by atoms with Crippen molar-refractivity contribution in [2.45, 2.75) is 37.8 Å². The number of anilines is 1. The van der Waals surface area contributed by atoms with Crippen LogP contribution in [0.5, 0.6) is 5.75 Å². The van der Waals surface area contributed by atoms with Crippen LogP contribution in [-0.2, 0) is 27.3 Å². The molecule has 7 N–H and O–H groups in total. The lowest BCUT2D eigenvalue weighted by atomic mass is 9.59. The average Bonchev–Trinajstić information content (AvgIpc) is 2.84. The van der Waals surface area contributed by atoms with E-state index in [1.165, 1.54) is 0 Å². The molecule has 4 aliphatic rings. The fraction of sp³-hybridized carbons (Fsp3) is 0.393. The van der Waals surface area contributed by atoms with Crippen molar-refractivity contribution in [3.63, 3.8) is 0 Å². The largest absolute Gasteiger partial charge is 0.508 e. The van der Waals surface area contributed by atoms with E-state index in [1.807, 2.05) is 18.2 Å². The molecule has 2 aromatic carbocycles. The Bertz CT molecular complexity index is 1520. The van der Waals surface area contributed by atoms with Gasteiger partial charge in [0, 0.05) is 48.0 Å². The number of primary amides is 1. The molecule has 1 saturated heterocycles. The van der Waals surface area contributed by atoms with Gasteiger partial charge < -0.3 is 31.5 Å². The summed E-state index contributed by atoms with van der Waals surface area (Å²) in [4.78, 5) is 40.4. The highest BCUT2D eigenvalue weighted by Gasteiger charge is 2.60. The van der Waals surface area contributed by atoms with Gasteiger partial charge in [0.2, 0.25) is 5.78 Å². The second-order valence-corrected chi connectivity index (χ2v) is 10.7. The van der Waals surface area contributed by atoms with Crippen molar-refractivity contribution in [1.82, 2.24) is 4.90 Å². The quantitative estimate of drug-likeness (QED) is 0.260. The van der Waals surface area contributed by atoms with Gasteiger partial charge in [-0.15, -0.1) is 0 Å². The number of aliphatic hydroxyl groups excluding tert-OH is 2. The number of ketones is 2. The lowest BCUT2D eigenvalue weighted by molar-refractivity contribution is -0.147. The highest BCUT2D eigenvalue weighted by atomic mass is 16.3. The van der Waals surface area contributed by atoms with Crippen LogP contribution in [0.1, 0.15) is 36.0 Å². The minimum Gasteiger partial charge on any atom is -0.508 e. The van der Waals surface area contributed by atoms with Gasteiger partial charge in [0.05, 0.1) is 5.56 Å². The lowest BCUT2D eigenvalue weighted by Crippen LogP contribution is -2.58. The number of nitrogens with zero attached hydrogens (tertiary/aromatic N) is 1. The van der Waals surface area contributed by atoms with Gasteiger partial charge in [-0.2, -0.15) is 0 Å². The molecule has 38 heavy (non-hydrogen) atoms. The third kappa shape index (κ3) is 3.16. The van der Waals surface area contributed by atoms with E-state index in [1.54, 1.807) is 7.05 Å². The second kappa shape index (κ2) is 8.31. The van der Waals surface area contributed by atoms with Gasteiger partial charge in [-0.05, 0) is 55.5 Å². The van der Waals surface area contributed by atoms with Crippen LogP contribution < -0.4 is 11.1 Å². The number of benzene rings is 2. The van der Waals surface area contributed by atoms with Crippen LogP contribution in [0.25, 0.3) is 16.5 Å². The summed E-state index contributed by atoms with van der Waals surface area (Å²) in [6, 6.07) is 5.83. The standard InChI is InChI=1S/C28H29N3O7/c1-30-22-15-4-3-12(11-31-5-2-6-31)7-16(15)23(33)20-17(22)9-13-8-14-10-18(32)21(27(29)37)26(36)28(14,38)25(35)19(13)24(20)34/h3-4,7,13-14,30,33-34,36,38H,2,5-6,8-11H2,1H3,(H2,29,37)/t13?,14-,28-/m0/s1. The molecule has 2 aromatic rings. The van der Waals surface area contributed by atoms with Crippen LogP contribution in [0.3, 0.4) is 0 Å². The zero-order valence-electron chi connectivity index (χ0n) is 20.9. The number of phenols is 1. The Morgan fingerprint density at radius 1 is 1.16 bits per heavy atom. The monoisotopic (exact) mass is 519 g/mol. The second-order valence-electron chi connectivity index (χ2n) is 10.7. The van der Waals surface area contributed by atoms with E-state index in [4.69, 9.17) is 5.73 Å². The number of aromatic hydroxyl groups is 1. The number of nitrogens with one attached hydrogen (secondary N) is 1. The summed E-state index contributed by atoms with van der Waals surface area (Å²) in [5, 5.41) is 49.5. The number of hydrogen-bond acceptors (Lipinski definition) is 9. The van der Waals surface area contributed by atoms with E-state index >= 15 is 0 Å². The molecule has 10 nitrogen and oxygen atoms in total. The van der Waals surface area contributed by atoms with Crippen molar-refractivity contribution < 1.29 is 34.8 Å². The fourth-order valence-corrected chi connectivity index (χ4v) is 6.72. The Morgan fingerprint density at radius 3 is 2.53 bits per heavy atom. The summed E-state index contributed by atoms with van der Waals surface area (Å²) in [6.07, 6.45) is 1.16. The molecule has 3 atom stereocenters. The number of fused-ring (bicyclic) bond motifs is 4. The first-order valence-electron chi connectivity index (χ1n) is 12.8. The predicted molar refractivity (Wildman–Crippen MR) is 138 cm³/mol. The Balaban J connectivity index is 1.54. The summed E-state index contributed by atoms with van der Waals surface area (Å²) in [7, 11) is 1.75. The van der Waals surface area contributed by atoms with E-state index in [9.17, 15) is 34.8 Å². The molecule has 1 unspecified atom stereocenters. The topological polar surface area (TPSA) is 173 Å². The van der Waals surface area contributed by atoms with Crippen LogP contribution in [0.2, 0.25) is 0 Å². The molecule has 198 valence electrons. The third-order valence-corrected chi connectivity index (χ3v) is 8.71. The van der Waals surface area contributed by atoms with E-state index < -0.39 is 52.0 Å². The molecule has 1 heterocycles. The molecule has 1 aliphatic heterocycles. The molecule has 6 rings (SSSR count). The van der Waals surface area contributed by atoms with Crippen LogP contribution in [0, 0.1) is 11.8 Å². The first kappa shape index (κ1) is 24.4. The fourth-order valence-electron chi connectivity index (χ4n) is 6.72. The summed E-state index contributed by atoms with van der Waals surface area (Å²) in [5.74, 6) is -6.28. The highest BCUT2D eigenvalue weighted by molar-refractivity contribution is 6.23. The van der Waals surface area contributed by atoms with Gasteiger partial charge in [0.1, 0.15) is 22.8 Å². The molecule has 1 amide bonds. The van der Waals surface area contributed by atoms with Crippen molar-refractivity contribution in [3.05, 3.63) is 51.8 Å². The summed E-state index contributed by atoms with van der Waals surface area (Å²) >= 11 is 0. The number of carbonyl (C=O) groups excluding carboxylic acids is 3. The normalized spacial score (nSPS) is 27.1. The predicted octanol–water partition coefficient (Wildman–Crippen LogP) is 1.82. The number of carbonyl (C=O) groups is 3. The number of amides is 1. The number of hydrogen-bond donors (Lipinski definition) is 6. The van der Waals surface area contributed by atoms with Crippen molar-refractivity contribution in [2.24, 2.45) is 17.6 Å². The molecular formula is C28H29N3O7. The van der Waals surface area contributed by atoms with Gasteiger partial charge >= 0.3 is 0 Å². The summed E-state index contributed by atoms with van der Waals surface area (Å²) in [5.41, 5.74) is 4.16. The van der Waals surface area contributed by atoms with E-state index in [2.05, 4.69) is 10.2 Å². The first-order valence-corrected chi connectivity index (χ1v) is 12.8. The first-order chi connectivity index (χ1) is 18.1. The highest BCUT2D eigenvalue weighted by Crippen LogP contribution is 2.54. The number of phenolic OH excluding ortho intramolecular Hbond substituents is 1. The van der Waals surface area contributed by atoms with E-state index in [-0.39, 0.29) is 36.1 Å². The number of nitrogens with two attached hydrogens (primary N) is 1. The molecule has 0 radical (unpaired) electrons. The van der Waals surface area contributed by atoms with Crippen LogP contribution >= 0.6 is 0 Å². The number of rotatable bonds is 4. The van der Waals surface area contributed by atoms with E-state index in [0.29, 0.717) is 16.6 Å². The maximum atomic E-state index is 13.7. The van der Waals surface area contributed by atoms with Crippen LogP contribution in [-0.4, -0.2) is 68.5 Å². The Hall–Kier alpha value is -3.89. The Morgan fingerprint density at radius 2 is 1.89 bits per heavy atom. The van der Waals surface area contributed by atoms with Crippen molar-refractivity contribution in [1.29, 1.82) is 0 Å². The minimum absolute atomic E-state index is 0.0927.